The Kier molecular flexibility index (Phi) is 8.70. The van der Waals surface area contributed by atoms with Gasteiger partial charge in [0.1, 0.15) is 5.56 Å². The summed E-state index contributed by atoms with van der Waals surface area (Å²) in [5.74, 6) is -0.295. The van der Waals surface area contributed by atoms with Crippen LogP contribution in [0.3, 0.4) is 0 Å². The molecule has 37 heavy (non-hydrogen) atoms. The van der Waals surface area contributed by atoms with E-state index in [-0.39, 0.29) is 24.1 Å². The number of hydrogen-bond donors (Lipinski definition) is 1. The minimum absolute atomic E-state index is 0.0191. The van der Waals surface area contributed by atoms with Gasteiger partial charge in [0.15, 0.2) is 12.1 Å². The van der Waals surface area contributed by atoms with Crippen molar-refractivity contribution in [1.82, 2.24) is 15.0 Å². The maximum Gasteiger partial charge on any atom is 0.416 e. The lowest BCUT2D eigenvalue weighted by Crippen LogP contribution is -2.33. The molecule has 1 unspecified atom stereocenters. The third-order valence-electron chi connectivity index (χ3n) is 5.89. The molecule has 1 aromatic carbocycles. The summed E-state index contributed by atoms with van der Waals surface area (Å²) >= 11 is 1.94. The van der Waals surface area contributed by atoms with Crippen molar-refractivity contribution in [3.63, 3.8) is 0 Å². The van der Waals surface area contributed by atoms with Crippen molar-refractivity contribution in [3.8, 4) is 5.69 Å². The maximum atomic E-state index is 13.2. The largest absolute Gasteiger partial charge is 0.416 e. The minimum atomic E-state index is -4.57. The van der Waals surface area contributed by atoms with Gasteiger partial charge in [-0.1, -0.05) is 11.2 Å². The molecule has 0 bridgehead atoms. The van der Waals surface area contributed by atoms with Crippen LogP contribution in [0.25, 0.3) is 5.69 Å². The van der Waals surface area contributed by atoms with Gasteiger partial charge in [-0.2, -0.15) is 13.2 Å². The minimum Gasteiger partial charge on any atom is -0.359 e. The molecule has 8 nitrogen and oxygen atoms in total. The van der Waals surface area contributed by atoms with Gasteiger partial charge in [0.05, 0.1) is 24.4 Å². The van der Waals surface area contributed by atoms with Crippen molar-refractivity contribution in [1.29, 1.82) is 0 Å². The molecule has 0 radical (unpaired) electrons. The van der Waals surface area contributed by atoms with Crippen LogP contribution in [0.1, 0.15) is 52.3 Å². The number of carbonyl (C=O) groups excluding carboxylic acids is 1. The maximum absolute atomic E-state index is 13.2. The molecule has 1 amide bonds. The Balaban J connectivity index is 1.43. The molecule has 3 heterocycles. The van der Waals surface area contributed by atoms with Gasteiger partial charge < -0.3 is 19.3 Å². The first-order valence-corrected chi connectivity index (χ1v) is 12.8. The standard InChI is InChI=1S/C25H25F3IN3O5/c1-15-21(29)13-20(24(34)32(15)18-6-4-5-16(11-18)25(26,27)28)23(33)30-14-19-12-17(31-37-19)8-10-36-22-7-2-3-9-35-22/h4-6,11-13,22H,2-3,7-10,14H2,1H3,(H,30,33). The molecule has 0 aliphatic carbocycles. The molecular formula is C25H25F3IN3O5. The SMILES string of the molecule is Cc1c(I)cc(C(=O)NCc2cc(CCOC3CCCCO3)no2)c(=O)n1-c1cccc(C(F)(F)F)c1. The van der Waals surface area contributed by atoms with Crippen LogP contribution in [-0.2, 0) is 28.6 Å². The molecule has 198 valence electrons. The fraction of sp³-hybridized carbons (Fsp3) is 0.400. The molecule has 1 saturated heterocycles. The molecule has 1 aliphatic rings. The van der Waals surface area contributed by atoms with E-state index in [2.05, 4.69) is 10.5 Å². The van der Waals surface area contributed by atoms with Gasteiger partial charge in [0.25, 0.3) is 11.5 Å². The van der Waals surface area contributed by atoms with E-state index in [0.29, 0.717) is 40.4 Å². The molecule has 2 aromatic heterocycles. The summed E-state index contributed by atoms with van der Waals surface area (Å²) in [4.78, 5) is 26.0. The van der Waals surface area contributed by atoms with Crippen molar-refractivity contribution >= 4 is 28.5 Å². The van der Waals surface area contributed by atoms with Gasteiger partial charge in [0.2, 0.25) is 0 Å². The molecule has 3 aromatic rings. The predicted octanol–water partition coefficient (Wildman–Crippen LogP) is 4.77. The van der Waals surface area contributed by atoms with Crippen LogP contribution in [0.4, 0.5) is 13.2 Å². The number of hydrogen-bond acceptors (Lipinski definition) is 6. The van der Waals surface area contributed by atoms with Crippen molar-refractivity contribution in [2.45, 2.75) is 51.6 Å². The summed E-state index contributed by atoms with van der Waals surface area (Å²) in [6.45, 7) is 2.70. The van der Waals surface area contributed by atoms with Crippen molar-refractivity contribution in [2.75, 3.05) is 13.2 Å². The molecule has 0 saturated carbocycles. The second-order valence-corrected chi connectivity index (χ2v) is 9.73. The zero-order valence-electron chi connectivity index (χ0n) is 19.9. The smallest absolute Gasteiger partial charge is 0.359 e. The van der Waals surface area contributed by atoms with Gasteiger partial charge in [-0.15, -0.1) is 0 Å². The van der Waals surface area contributed by atoms with E-state index < -0.39 is 23.2 Å². The molecule has 4 rings (SSSR count). The zero-order chi connectivity index (χ0) is 26.6. The van der Waals surface area contributed by atoms with Crippen LogP contribution >= 0.6 is 22.6 Å². The second-order valence-electron chi connectivity index (χ2n) is 8.56. The van der Waals surface area contributed by atoms with Gasteiger partial charge in [0, 0.05) is 34.0 Å². The van der Waals surface area contributed by atoms with Crippen molar-refractivity contribution < 1.29 is 32.0 Å². The topological polar surface area (TPSA) is 95.6 Å². The summed E-state index contributed by atoms with van der Waals surface area (Å²) in [6, 6.07) is 7.51. The van der Waals surface area contributed by atoms with Crippen LogP contribution in [0.2, 0.25) is 0 Å². The predicted molar refractivity (Wildman–Crippen MR) is 135 cm³/mol. The number of ether oxygens (including phenoxy) is 2. The summed E-state index contributed by atoms with van der Waals surface area (Å²) in [7, 11) is 0. The second kappa shape index (κ2) is 11.8. The van der Waals surface area contributed by atoms with E-state index in [1.165, 1.54) is 18.2 Å². The van der Waals surface area contributed by atoms with Crippen LogP contribution < -0.4 is 10.9 Å². The van der Waals surface area contributed by atoms with E-state index in [4.69, 9.17) is 14.0 Å². The number of nitrogens with one attached hydrogen (secondary N) is 1. The third-order valence-corrected chi connectivity index (χ3v) is 6.98. The Morgan fingerprint density at radius 1 is 1.27 bits per heavy atom. The monoisotopic (exact) mass is 631 g/mol. The summed E-state index contributed by atoms with van der Waals surface area (Å²) in [6.07, 6.45) is -1.28. The molecule has 1 N–H and O–H groups in total. The first-order valence-electron chi connectivity index (χ1n) is 11.7. The number of pyridine rings is 1. The van der Waals surface area contributed by atoms with Crippen LogP contribution in [0.15, 0.2) is 45.7 Å². The Bertz CT molecular complexity index is 1320. The highest BCUT2D eigenvalue weighted by Crippen LogP contribution is 2.30. The Hall–Kier alpha value is -2.71. The molecule has 1 atom stereocenters. The fourth-order valence-electron chi connectivity index (χ4n) is 3.92. The summed E-state index contributed by atoms with van der Waals surface area (Å²) in [5, 5.41) is 6.59. The number of aromatic nitrogens is 2. The highest BCUT2D eigenvalue weighted by Gasteiger charge is 2.31. The van der Waals surface area contributed by atoms with Gasteiger partial charge >= 0.3 is 6.18 Å². The highest BCUT2D eigenvalue weighted by atomic mass is 127. The van der Waals surface area contributed by atoms with E-state index in [1.807, 2.05) is 22.6 Å². The number of alkyl halides is 3. The first-order chi connectivity index (χ1) is 17.6. The molecule has 12 heteroatoms. The van der Waals surface area contributed by atoms with Gasteiger partial charge in [-0.25, -0.2) is 0 Å². The number of amides is 1. The Morgan fingerprint density at radius 3 is 2.81 bits per heavy atom. The number of nitrogens with zero attached hydrogens (tertiary/aromatic N) is 2. The molecule has 1 fully saturated rings. The summed E-state index contributed by atoms with van der Waals surface area (Å²) < 4.78 is 57.7. The van der Waals surface area contributed by atoms with Gasteiger partial charge in [-0.3, -0.25) is 14.2 Å². The molecule has 0 spiro atoms. The number of carbonyl (C=O) groups is 1. The third kappa shape index (κ3) is 6.79. The van der Waals surface area contributed by atoms with Crippen LogP contribution in [-0.4, -0.2) is 35.1 Å². The highest BCUT2D eigenvalue weighted by molar-refractivity contribution is 14.1. The number of halogens is 4. The lowest BCUT2D eigenvalue weighted by atomic mass is 10.1. The Morgan fingerprint density at radius 2 is 2.08 bits per heavy atom. The van der Waals surface area contributed by atoms with E-state index in [1.54, 1.807) is 13.0 Å². The summed E-state index contributed by atoms with van der Waals surface area (Å²) in [5.41, 5.74) is -0.730. The van der Waals surface area contributed by atoms with Crippen molar-refractivity contribution in [2.24, 2.45) is 0 Å². The first kappa shape index (κ1) is 27.3. The number of benzene rings is 1. The van der Waals surface area contributed by atoms with Crippen LogP contribution in [0, 0.1) is 10.5 Å². The van der Waals surface area contributed by atoms with E-state index in [9.17, 15) is 22.8 Å². The van der Waals surface area contributed by atoms with Crippen molar-refractivity contribution in [3.05, 3.63) is 78.6 Å². The average molecular weight is 631 g/mol. The van der Waals surface area contributed by atoms with Crippen LogP contribution in [0.5, 0.6) is 0 Å². The molecule has 1 aliphatic heterocycles. The molecular weight excluding hydrogens is 606 g/mol. The van der Waals surface area contributed by atoms with E-state index >= 15 is 0 Å². The number of rotatable bonds is 8. The fourth-order valence-corrected chi connectivity index (χ4v) is 4.48. The average Bonchev–Trinajstić information content (AvgIpc) is 3.33. The van der Waals surface area contributed by atoms with Gasteiger partial charge in [-0.05, 0) is 73.0 Å². The zero-order valence-corrected chi connectivity index (χ0v) is 22.1. The quantitative estimate of drug-likeness (QED) is 0.360. The normalized spacial score (nSPS) is 16.1. The lowest BCUT2D eigenvalue weighted by molar-refractivity contribution is -0.161. The lowest BCUT2D eigenvalue weighted by Gasteiger charge is -2.22. The van der Waals surface area contributed by atoms with E-state index in [0.717, 1.165) is 36.0 Å². The Labute approximate surface area is 224 Å².